The average Bonchev–Trinajstić information content (AvgIpc) is 2.92. The van der Waals surface area contributed by atoms with Crippen molar-refractivity contribution in [2.24, 2.45) is 0 Å². The lowest BCUT2D eigenvalue weighted by Gasteiger charge is -2.14. The second-order valence-corrected chi connectivity index (χ2v) is 7.85. The highest BCUT2D eigenvalue weighted by Crippen LogP contribution is 2.39. The second kappa shape index (κ2) is 9.37. The van der Waals surface area contributed by atoms with Gasteiger partial charge >= 0.3 is 0 Å². The molecular formula is C22H22ClNO4S. The Morgan fingerprint density at radius 2 is 1.86 bits per heavy atom. The van der Waals surface area contributed by atoms with Crippen molar-refractivity contribution in [3.05, 3.63) is 63.0 Å². The number of aryl methyl sites for hydroxylation is 1. The molecule has 29 heavy (non-hydrogen) atoms. The van der Waals surface area contributed by atoms with E-state index >= 15 is 0 Å². The summed E-state index contributed by atoms with van der Waals surface area (Å²) < 4.78 is 11.2. The van der Waals surface area contributed by atoms with Crippen LogP contribution in [0.5, 0.6) is 11.5 Å². The summed E-state index contributed by atoms with van der Waals surface area (Å²) in [5.41, 5.74) is 2.66. The van der Waals surface area contributed by atoms with Gasteiger partial charge < -0.3 is 9.47 Å². The molecule has 5 nitrogen and oxygen atoms in total. The minimum absolute atomic E-state index is 0.248. The lowest BCUT2D eigenvalue weighted by atomic mass is 10.1. The number of thioether (sulfide) groups is 1. The smallest absolute Gasteiger partial charge is 0.293 e. The van der Waals surface area contributed by atoms with E-state index in [1.165, 1.54) is 4.90 Å². The first-order valence-corrected chi connectivity index (χ1v) is 10.5. The van der Waals surface area contributed by atoms with Crippen molar-refractivity contribution in [3.63, 3.8) is 0 Å². The first-order chi connectivity index (χ1) is 13.9. The number of hydrogen-bond acceptors (Lipinski definition) is 5. The lowest BCUT2D eigenvalue weighted by Crippen LogP contribution is -2.27. The van der Waals surface area contributed by atoms with Crippen LogP contribution in [0.3, 0.4) is 0 Å². The van der Waals surface area contributed by atoms with Gasteiger partial charge in [-0.05, 0) is 61.9 Å². The number of carbonyl (C=O) groups is 2. The molecular weight excluding hydrogens is 410 g/mol. The first kappa shape index (κ1) is 21.3. The molecule has 0 aromatic heterocycles. The summed E-state index contributed by atoms with van der Waals surface area (Å²) in [7, 11) is 0. The van der Waals surface area contributed by atoms with Crippen molar-refractivity contribution in [2.45, 2.75) is 27.3 Å². The Morgan fingerprint density at radius 1 is 1.10 bits per heavy atom. The summed E-state index contributed by atoms with van der Waals surface area (Å²) in [6.45, 7) is 6.86. The van der Waals surface area contributed by atoms with E-state index in [2.05, 4.69) is 0 Å². The number of carbonyl (C=O) groups excluding carboxylic acids is 2. The van der Waals surface area contributed by atoms with Gasteiger partial charge in [0.2, 0.25) is 0 Å². The van der Waals surface area contributed by atoms with Crippen LogP contribution in [0.25, 0.3) is 6.08 Å². The van der Waals surface area contributed by atoms with E-state index in [4.69, 9.17) is 21.1 Å². The molecule has 1 fully saturated rings. The van der Waals surface area contributed by atoms with E-state index in [1.54, 1.807) is 18.2 Å². The minimum Gasteiger partial charge on any atom is -0.490 e. The normalized spacial score (nSPS) is 15.3. The molecule has 1 saturated heterocycles. The Balaban J connectivity index is 1.87. The van der Waals surface area contributed by atoms with Gasteiger partial charge in [-0.1, -0.05) is 41.4 Å². The number of rotatable bonds is 7. The number of amides is 2. The van der Waals surface area contributed by atoms with Crippen molar-refractivity contribution in [2.75, 3.05) is 13.2 Å². The zero-order valence-corrected chi connectivity index (χ0v) is 18.1. The highest BCUT2D eigenvalue weighted by atomic mass is 35.5. The largest absolute Gasteiger partial charge is 0.490 e. The number of nitrogens with zero attached hydrogens (tertiary/aromatic N) is 1. The minimum atomic E-state index is -0.315. The molecule has 0 bridgehead atoms. The predicted molar refractivity (Wildman–Crippen MR) is 116 cm³/mol. The van der Waals surface area contributed by atoms with E-state index < -0.39 is 0 Å². The standard InChI is InChI=1S/C22H22ClNO4S/c1-4-27-18-11-16(10-17(23)20(18)28-5-2)12-19-21(25)24(22(26)29-19)13-15-8-6-7-14(3)9-15/h6-12H,4-5,13H2,1-3H3/b19-12-. The maximum atomic E-state index is 12.8. The topological polar surface area (TPSA) is 55.8 Å². The van der Waals surface area contributed by atoms with Gasteiger partial charge in [0.25, 0.3) is 11.1 Å². The van der Waals surface area contributed by atoms with Crippen molar-refractivity contribution in [3.8, 4) is 11.5 Å². The molecule has 0 N–H and O–H groups in total. The molecule has 1 aliphatic heterocycles. The zero-order chi connectivity index (χ0) is 21.0. The van der Waals surface area contributed by atoms with E-state index in [0.717, 1.165) is 22.9 Å². The Morgan fingerprint density at radius 3 is 2.55 bits per heavy atom. The summed E-state index contributed by atoms with van der Waals surface area (Å²) in [5, 5.41) is 0.105. The molecule has 0 spiro atoms. The summed E-state index contributed by atoms with van der Waals surface area (Å²) in [5.74, 6) is 0.664. The van der Waals surface area contributed by atoms with Crippen LogP contribution in [0.4, 0.5) is 4.79 Å². The summed E-state index contributed by atoms with van der Waals surface area (Å²) in [6.07, 6.45) is 1.66. The van der Waals surface area contributed by atoms with Crippen molar-refractivity contribution >= 4 is 40.6 Å². The number of imide groups is 1. The summed E-state index contributed by atoms with van der Waals surface area (Å²) in [6, 6.07) is 11.2. The van der Waals surface area contributed by atoms with Crippen LogP contribution in [0, 0.1) is 6.92 Å². The molecule has 1 aliphatic rings. The van der Waals surface area contributed by atoms with E-state index in [0.29, 0.717) is 40.2 Å². The molecule has 2 aromatic rings. The van der Waals surface area contributed by atoms with Crippen molar-refractivity contribution in [1.29, 1.82) is 0 Å². The SMILES string of the molecule is CCOc1cc(/C=C2\SC(=O)N(Cc3cccc(C)c3)C2=O)cc(Cl)c1OCC. The molecule has 0 aliphatic carbocycles. The van der Waals surface area contributed by atoms with Crippen LogP contribution >= 0.6 is 23.4 Å². The third kappa shape index (κ3) is 4.95. The second-order valence-electron chi connectivity index (χ2n) is 6.45. The number of halogens is 1. The van der Waals surface area contributed by atoms with Gasteiger partial charge in [-0.25, -0.2) is 0 Å². The third-order valence-electron chi connectivity index (χ3n) is 4.21. The fourth-order valence-electron chi connectivity index (χ4n) is 3.00. The molecule has 1 heterocycles. The van der Waals surface area contributed by atoms with Gasteiger partial charge in [-0.15, -0.1) is 0 Å². The highest BCUT2D eigenvalue weighted by Gasteiger charge is 2.35. The predicted octanol–water partition coefficient (Wildman–Crippen LogP) is 5.68. The average molecular weight is 432 g/mol. The van der Waals surface area contributed by atoms with Crippen molar-refractivity contribution in [1.82, 2.24) is 4.90 Å². The van der Waals surface area contributed by atoms with E-state index in [9.17, 15) is 9.59 Å². The molecule has 0 unspecified atom stereocenters. The van der Waals surface area contributed by atoms with Crippen LogP contribution in [0.1, 0.15) is 30.5 Å². The molecule has 7 heteroatoms. The van der Waals surface area contributed by atoms with Crippen molar-refractivity contribution < 1.29 is 19.1 Å². The lowest BCUT2D eigenvalue weighted by molar-refractivity contribution is -0.123. The summed E-state index contributed by atoms with van der Waals surface area (Å²) in [4.78, 5) is 26.8. The number of hydrogen-bond donors (Lipinski definition) is 0. The zero-order valence-electron chi connectivity index (χ0n) is 16.5. The monoisotopic (exact) mass is 431 g/mol. The Labute approximate surface area is 179 Å². The van der Waals surface area contributed by atoms with Crippen LogP contribution < -0.4 is 9.47 Å². The Kier molecular flexibility index (Phi) is 6.87. The molecule has 2 aromatic carbocycles. The Bertz CT molecular complexity index is 973. The quantitative estimate of drug-likeness (QED) is 0.527. The van der Waals surface area contributed by atoms with E-state index in [1.807, 2.05) is 45.0 Å². The van der Waals surface area contributed by atoms with Gasteiger partial charge in [-0.2, -0.15) is 0 Å². The van der Waals surface area contributed by atoms with Gasteiger partial charge in [0.15, 0.2) is 11.5 Å². The molecule has 0 saturated carbocycles. The third-order valence-corrected chi connectivity index (χ3v) is 5.40. The van der Waals surface area contributed by atoms with Gasteiger partial charge in [0.05, 0.1) is 29.7 Å². The maximum absolute atomic E-state index is 12.8. The maximum Gasteiger partial charge on any atom is 0.293 e. The number of ether oxygens (including phenoxy) is 2. The molecule has 152 valence electrons. The molecule has 2 amide bonds. The van der Waals surface area contributed by atoms with Gasteiger partial charge in [-0.3, -0.25) is 14.5 Å². The first-order valence-electron chi connectivity index (χ1n) is 9.33. The summed E-state index contributed by atoms with van der Waals surface area (Å²) >= 11 is 7.27. The fourth-order valence-corrected chi connectivity index (χ4v) is 4.11. The van der Waals surface area contributed by atoms with Gasteiger partial charge in [0.1, 0.15) is 0 Å². The molecule has 3 rings (SSSR count). The van der Waals surface area contributed by atoms with Crippen LogP contribution in [0.15, 0.2) is 41.3 Å². The molecule has 0 atom stereocenters. The van der Waals surface area contributed by atoms with Crippen LogP contribution in [-0.2, 0) is 11.3 Å². The Hall–Kier alpha value is -2.44. The highest BCUT2D eigenvalue weighted by molar-refractivity contribution is 8.18. The van der Waals surface area contributed by atoms with Gasteiger partial charge in [0, 0.05) is 0 Å². The van der Waals surface area contributed by atoms with Crippen LogP contribution in [0.2, 0.25) is 5.02 Å². The number of benzene rings is 2. The molecule has 0 radical (unpaired) electrons. The fraction of sp³-hybridized carbons (Fsp3) is 0.273. The van der Waals surface area contributed by atoms with Crippen LogP contribution in [-0.4, -0.2) is 29.3 Å². The van der Waals surface area contributed by atoms with E-state index in [-0.39, 0.29) is 17.7 Å².